The number of aryl methyl sites for hydroxylation is 1. The molecule has 1 N–H and O–H groups in total. The Morgan fingerprint density at radius 1 is 1.14 bits per heavy atom. The van der Waals surface area contributed by atoms with Gasteiger partial charge in [-0.3, -0.25) is 4.98 Å². The average Bonchev–Trinajstić information content (AvgIpc) is 2.45. The minimum absolute atomic E-state index is 0.404. The Balaban J connectivity index is 1.51. The molecule has 0 amide bonds. The van der Waals surface area contributed by atoms with Gasteiger partial charge in [-0.15, -0.1) is 0 Å². The molecule has 3 heteroatoms. The predicted octanol–water partition coefficient (Wildman–Crippen LogP) is 3.77. The van der Waals surface area contributed by atoms with Crippen LogP contribution in [0.3, 0.4) is 0 Å². The third kappa shape index (κ3) is 2.34. The van der Waals surface area contributed by atoms with Crippen LogP contribution in [0.2, 0.25) is 0 Å². The second-order valence-electron chi connectivity index (χ2n) is 8.10. The molecule has 0 aromatic carbocycles. The van der Waals surface area contributed by atoms with Crippen molar-refractivity contribution in [2.45, 2.75) is 64.5 Å². The molecule has 22 heavy (non-hydrogen) atoms. The van der Waals surface area contributed by atoms with Crippen LogP contribution in [0.1, 0.15) is 55.3 Å². The van der Waals surface area contributed by atoms with Crippen molar-refractivity contribution in [3.63, 3.8) is 0 Å². The van der Waals surface area contributed by atoms with Crippen LogP contribution in [0.4, 0.5) is 0 Å². The van der Waals surface area contributed by atoms with E-state index in [1.807, 2.05) is 6.20 Å². The largest absolute Gasteiger partial charge is 0.496 e. The number of rotatable bonds is 4. The number of nitrogens with one attached hydrogen (secondary N) is 1. The summed E-state index contributed by atoms with van der Waals surface area (Å²) in [5.41, 5.74) is 3.87. The van der Waals surface area contributed by atoms with Crippen LogP contribution in [-0.4, -0.2) is 17.6 Å². The maximum Gasteiger partial charge on any atom is 0.128 e. The molecule has 0 saturated heterocycles. The number of pyridine rings is 1. The van der Waals surface area contributed by atoms with Crippen LogP contribution in [0.5, 0.6) is 5.75 Å². The SMILES string of the molecule is COc1c(C)cnc(CNC23CC4CC(CC(C4)C2)C3)c1C. The number of aromatic nitrogens is 1. The first-order valence-electron chi connectivity index (χ1n) is 8.82. The van der Waals surface area contributed by atoms with Crippen molar-refractivity contribution in [2.75, 3.05) is 7.11 Å². The van der Waals surface area contributed by atoms with E-state index in [1.165, 1.54) is 44.1 Å². The zero-order valence-electron chi connectivity index (χ0n) is 14.1. The topological polar surface area (TPSA) is 34.1 Å². The Labute approximate surface area is 133 Å². The monoisotopic (exact) mass is 300 g/mol. The molecule has 1 heterocycles. The molecule has 4 aliphatic carbocycles. The highest BCUT2D eigenvalue weighted by atomic mass is 16.5. The Kier molecular flexibility index (Phi) is 3.44. The first-order valence-corrected chi connectivity index (χ1v) is 8.82. The van der Waals surface area contributed by atoms with Gasteiger partial charge < -0.3 is 10.1 Å². The Hall–Kier alpha value is -1.09. The summed E-state index contributed by atoms with van der Waals surface area (Å²) in [6.07, 6.45) is 10.6. The standard InChI is InChI=1S/C19H28N2O/c1-12-10-20-17(13(2)18(12)22-3)11-21-19-7-14-4-15(8-19)6-16(5-14)9-19/h10,14-16,21H,4-9,11H2,1-3H3. The third-order valence-electron chi connectivity index (χ3n) is 6.42. The molecule has 0 aliphatic heterocycles. The van der Waals surface area contributed by atoms with Crippen molar-refractivity contribution < 1.29 is 4.74 Å². The highest BCUT2D eigenvalue weighted by molar-refractivity contribution is 5.41. The summed E-state index contributed by atoms with van der Waals surface area (Å²) in [6, 6.07) is 0. The Morgan fingerprint density at radius 2 is 1.73 bits per heavy atom. The van der Waals surface area contributed by atoms with Crippen LogP contribution in [-0.2, 0) is 6.54 Å². The van der Waals surface area contributed by atoms with Gasteiger partial charge in [0, 0.05) is 29.4 Å². The van der Waals surface area contributed by atoms with Crippen LogP contribution >= 0.6 is 0 Å². The van der Waals surface area contributed by atoms with Gasteiger partial charge in [0.05, 0.1) is 12.8 Å². The minimum Gasteiger partial charge on any atom is -0.496 e. The van der Waals surface area contributed by atoms with E-state index in [2.05, 4.69) is 24.1 Å². The molecular weight excluding hydrogens is 272 g/mol. The van der Waals surface area contributed by atoms with Gasteiger partial charge in [0.2, 0.25) is 0 Å². The second kappa shape index (κ2) is 5.23. The van der Waals surface area contributed by atoms with E-state index >= 15 is 0 Å². The summed E-state index contributed by atoms with van der Waals surface area (Å²) in [6.45, 7) is 5.08. The smallest absolute Gasteiger partial charge is 0.128 e. The van der Waals surface area contributed by atoms with Gasteiger partial charge in [-0.1, -0.05) is 0 Å². The van der Waals surface area contributed by atoms with E-state index in [4.69, 9.17) is 4.74 Å². The summed E-state index contributed by atoms with van der Waals surface area (Å²) >= 11 is 0. The van der Waals surface area contributed by atoms with Crippen molar-refractivity contribution >= 4 is 0 Å². The van der Waals surface area contributed by atoms with Crippen molar-refractivity contribution in [1.82, 2.24) is 10.3 Å². The third-order valence-corrected chi connectivity index (χ3v) is 6.42. The normalized spacial score (nSPS) is 35.9. The summed E-state index contributed by atoms with van der Waals surface area (Å²) in [4.78, 5) is 4.66. The van der Waals surface area contributed by atoms with Gasteiger partial charge in [0.15, 0.2) is 0 Å². The fourth-order valence-corrected chi connectivity index (χ4v) is 5.85. The van der Waals surface area contributed by atoms with Gasteiger partial charge >= 0.3 is 0 Å². The number of hydrogen-bond acceptors (Lipinski definition) is 3. The molecule has 0 radical (unpaired) electrons. The lowest BCUT2D eigenvalue weighted by molar-refractivity contribution is -0.0207. The molecule has 1 aromatic rings. The Bertz CT molecular complexity index is 546. The van der Waals surface area contributed by atoms with Gasteiger partial charge in [0.1, 0.15) is 5.75 Å². The maximum atomic E-state index is 5.54. The van der Waals surface area contributed by atoms with E-state index < -0.39 is 0 Å². The molecule has 4 aliphatic rings. The van der Waals surface area contributed by atoms with Crippen LogP contribution in [0, 0.1) is 31.6 Å². The molecule has 1 aromatic heterocycles. The van der Waals surface area contributed by atoms with E-state index in [0.717, 1.165) is 41.3 Å². The first kappa shape index (κ1) is 14.5. The summed E-state index contributed by atoms with van der Waals surface area (Å²) in [5, 5.41) is 3.94. The van der Waals surface area contributed by atoms with E-state index in [9.17, 15) is 0 Å². The van der Waals surface area contributed by atoms with E-state index in [-0.39, 0.29) is 0 Å². The highest BCUT2D eigenvalue weighted by Gasteiger charge is 2.50. The highest BCUT2D eigenvalue weighted by Crippen LogP contribution is 2.55. The van der Waals surface area contributed by atoms with E-state index in [0.29, 0.717) is 5.54 Å². The van der Waals surface area contributed by atoms with Gasteiger partial charge in [0.25, 0.3) is 0 Å². The van der Waals surface area contributed by atoms with Crippen LogP contribution in [0.25, 0.3) is 0 Å². The van der Waals surface area contributed by atoms with Gasteiger partial charge in [-0.2, -0.15) is 0 Å². The van der Waals surface area contributed by atoms with Crippen molar-refractivity contribution in [1.29, 1.82) is 0 Å². The molecule has 4 fully saturated rings. The Morgan fingerprint density at radius 3 is 2.27 bits per heavy atom. The lowest BCUT2D eigenvalue weighted by atomic mass is 9.53. The maximum absolute atomic E-state index is 5.54. The predicted molar refractivity (Wildman–Crippen MR) is 88.0 cm³/mol. The minimum atomic E-state index is 0.404. The summed E-state index contributed by atoms with van der Waals surface area (Å²) < 4.78 is 5.54. The number of ether oxygens (including phenoxy) is 1. The van der Waals surface area contributed by atoms with Crippen molar-refractivity contribution in [3.8, 4) is 5.75 Å². The quantitative estimate of drug-likeness (QED) is 0.919. The lowest BCUT2D eigenvalue weighted by Crippen LogP contribution is -2.58. The molecule has 0 atom stereocenters. The molecule has 3 nitrogen and oxygen atoms in total. The average molecular weight is 300 g/mol. The molecule has 120 valence electrons. The van der Waals surface area contributed by atoms with Crippen molar-refractivity contribution in [3.05, 3.63) is 23.0 Å². The second-order valence-corrected chi connectivity index (χ2v) is 8.10. The molecule has 0 unspecified atom stereocenters. The fourth-order valence-electron chi connectivity index (χ4n) is 5.85. The summed E-state index contributed by atoms with van der Waals surface area (Å²) in [5.74, 6) is 3.96. The first-order chi connectivity index (χ1) is 10.6. The van der Waals surface area contributed by atoms with Gasteiger partial charge in [-0.05, 0) is 70.1 Å². The fraction of sp³-hybridized carbons (Fsp3) is 0.737. The molecule has 0 spiro atoms. The molecule has 4 bridgehead atoms. The van der Waals surface area contributed by atoms with Crippen LogP contribution in [0.15, 0.2) is 6.20 Å². The zero-order chi connectivity index (χ0) is 15.3. The van der Waals surface area contributed by atoms with E-state index in [1.54, 1.807) is 7.11 Å². The molecular formula is C19H28N2O. The van der Waals surface area contributed by atoms with Crippen LogP contribution < -0.4 is 10.1 Å². The van der Waals surface area contributed by atoms with Gasteiger partial charge in [-0.25, -0.2) is 0 Å². The number of hydrogen-bond donors (Lipinski definition) is 1. The number of nitrogens with zero attached hydrogens (tertiary/aromatic N) is 1. The zero-order valence-corrected chi connectivity index (χ0v) is 14.1. The summed E-state index contributed by atoms with van der Waals surface area (Å²) in [7, 11) is 1.76. The molecule has 5 rings (SSSR count). The van der Waals surface area contributed by atoms with Crippen molar-refractivity contribution in [2.24, 2.45) is 17.8 Å². The number of methoxy groups -OCH3 is 1. The molecule has 4 saturated carbocycles. The lowest BCUT2D eigenvalue weighted by Gasteiger charge is -2.57.